The smallest absolute Gasteiger partial charge is 0.0368 e. The van der Waals surface area contributed by atoms with Crippen LogP contribution in [0.3, 0.4) is 0 Å². The molecule has 3 rings (SSSR count). The van der Waals surface area contributed by atoms with Gasteiger partial charge in [-0.05, 0) is 92.8 Å². The Morgan fingerprint density at radius 3 is 2.37 bits per heavy atom. The molecule has 0 aromatic rings. The maximum atomic E-state index is 5.46. The molecule has 0 aromatic heterocycles. The Labute approximate surface area is 195 Å². The molecule has 0 aliphatic heterocycles. The zero-order valence-electron chi connectivity index (χ0n) is 21.6. The van der Waals surface area contributed by atoms with Crippen molar-refractivity contribution >= 4 is 12.6 Å². The summed E-state index contributed by atoms with van der Waals surface area (Å²) < 4.78 is 0.196. The lowest BCUT2D eigenvalue weighted by Crippen LogP contribution is -2.51. The van der Waals surface area contributed by atoms with Crippen LogP contribution < -0.4 is 0 Å². The lowest BCUT2D eigenvalue weighted by Gasteiger charge is -2.57. The number of hydrogen-bond acceptors (Lipinski definition) is 1. The zero-order chi connectivity index (χ0) is 22.4. The topological polar surface area (TPSA) is 0 Å². The Morgan fingerprint density at radius 1 is 1.03 bits per heavy atom. The predicted octanol–water partition coefficient (Wildman–Crippen LogP) is 9.89. The fraction of sp³-hybridized carbons (Fsp3) is 0.931. The van der Waals surface area contributed by atoms with Crippen molar-refractivity contribution in [1.82, 2.24) is 0 Å². The summed E-state index contributed by atoms with van der Waals surface area (Å²) in [6.45, 7) is 16.0. The summed E-state index contributed by atoms with van der Waals surface area (Å²) in [6.07, 6.45) is 21.0. The number of rotatable bonds is 9. The Bertz CT molecular complexity index is 534. The summed E-state index contributed by atoms with van der Waals surface area (Å²) in [4.78, 5) is 0. The molecule has 30 heavy (non-hydrogen) atoms. The zero-order valence-corrected chi connectivity index (χ0v) is 22.5. The van der Waals surface area contributed by atoms with E-state index in [0.717, 1.165) is 29.6 Å². The molecule has 0 amide bonds. The van der Waals surface area contributed by atoms with Crippen molar-refractivity contribution in [1.29, 1.82) is 0 Å². The highest BCUT2D eigenvalue weighted by Crippen LogP contribution is 2.66. The van der Waals surface area contributed by atoms with Crippen molar-refractivity contribution in [3.8, 4) is 0 Å². The van der Waals surface area contributed by atoms with Gasteiger partial charge in [0, 0.05) is 4.75 Å². The minimum absolute atomic E-state index is 0.196. The second-order valence-corrected chi connectivity index (χ2v) is 11.7. The van der Waals surface area contributed by atoms with E-state index in [0.29, 0.717) is 5.41 Å². The van der Waals surface area contributed by atoms with E-state index in [-0.39, 0.29) is 4.75 Å². The first-order valence-electron chi connectivity index (χ1n) is 13.8. The van der Waals surface area contributed by atoms with Gasteiger partial charge in [0.05, 0.1) is 0 Å². The van der Waals surface area contributed by atoms with Crippen LogP contribution in [0.5, 0.6) is 0 Å². The molecule has 1 heteroatoms. The summed E-state index contributed by atoms with van der Waals surface area (Å²) in [6, 6.07) is 0. The van der Waals surface area contributed by atoms with Gasteiger partial charge in [0.15, 0.2) is 0 Å². The third-order valence-electron chi connectivity index (χ3n) is 9.39. The van der Waals surface area contributed by atoms with Crippen molar-refractivity contribution in [2.75, 3.05) is 0 Å². The number of hydrogen-bond donors (Lipinski definition) is 1. The first-order valence-corrected chi connectivity index (χ1v) is 14.3. The Balaban J connectivity index is 0.00000155. The fourth-order valence-corrected chi connectivity index (χ4v) is 8.90. The van der Waals surface area contributed by atoms with Gasteiger partial charge in [0.1, 0.15) is 0 Å². The molecule has 176 valence electrons. The van der Waals surface area contributed by atoms with Gasteiger partial charge in [-0.15, -0.1) is 0 Å². The van der Waals surface area contributed by atoms with Crippen LogP contribution in [-0.4, -0.2) is 4.75 Å². The Morgan fingerprint density at radius 2 is 1.77 bits per heavy atom. The number of fused-ring (bicyclic) bond motifs is 3. The van der Waals surface area contributed by atoms with Gasteiger partial charge >= 0.3 is 0 Å². The molecule has 0 bridgehead atoms. The monoisotopic (exact) mass is 434 g/mol. The summed E-state index contributed by atoms with van der Waals surface area (Å²) in [5.41, 5.74) is 2.34. The van der Waals surface area contributed by atoms with E-state index in [9.17, 15) is 0 Å². The molecule has 0 spiro atoms. The molecule has 0 saturated heterocycles. The number of thiol groups is 1. The van der Waals surface area contributed by atoms with Crippen LogP contribution in [0.4, 0.5) is 0 Å². The van der Waals surface area contributed by atoms with Crippen molar-refractivity contribution in [3.63, 3.8) is 0 Å². The van der Waals surface area contributed by atoms with Crippen LogP contribution in [0.1, 0.15) is 132 Å². The molecular weight excluding hydrogens is 380 g/mol. The van der Waals surface area contributed by atoms with Crippen molar-refractivity contribution in [2.24, 2.45) is 35.0 Å². The van der Waals surface area contributed by atoms with E-state index in [4.69, 9.17) is 12.6 Å². The van der Waals surface area contributed by atoms with Gasteiger partial charge in [-0.2, -0.15) is 12.6 Å². The molecule has 0 nitrogen and oxygen atoms in total. The first kappa shape index (κ1) is 26.3. The molecule has 3 aliphatic rings. The Hall–Kier alpha value is 0.0900. The van der Waals surface area contributed by atoms with Crippen molar-refractivity contribution < 1.29 is 0 Å². The van der Waals surface area contributed by atoms with Gasteiger partial charge in [-0.1, -0.05) is 85.8 Å². The van der Waals surface area contributed by atoms with Crippen LogP contribution >= 0.6 is 12.6 Å². The molecular formula is C29H54S. The molecule has 0 N–H and O–H groups in total. The second-order valence-electron chi connectivity index (χ2n) is 10.9. The quantitative estimate of drug-likeness (QED) is 0.208. The standard InChI is InChI=1S/C27H48S.C2H6/c1-6-18-27(28)21(7-2)13-15-23-24-16-14-22(12-10-9-11-20(4)5)26(24,8-3)19-17-25(23)27;1-2/h13,20,22-25,28H,6-12,14-19H2,1-5H3;1-2H3. The maximum Gasteiger partial charge on any atom is 0.0368 e. The molecule has 6 unspecified atom stereocenters. The molecule has 3 aliphatic carbocycles. The molecule has 2 saturated carbocycles. The van der Waals surface area contributed by atoms with E-state index in [1.165, 1.54) is 83.5 Å². The van der Waals surface area contributed by atoms with Crippen molar-refractivity contribution in [2.45, 2.75) is 137 Å². The number of allylic oxidation sites excluding steroid dienone is 1. The third kappa shape index (κ3) is 5.02. The maximum absolute atomic E-state index is 5.46. The first-order chi connectivity index (χ1) is 14.4. The van der Waals surface area contributed by atoms with Gasteiger partial charge in [-0.25, -0.2) is 0 Å². The van der Waals surface area contributed by atoms with Crippen LogP contribution in [0.15, 0.2) is 11.6 Å². The van der Waals surface area contributed by atoms with E-state index < -0.39 is 0 Å². The predicted molar refractivity (Wildman–Crippen MR) is 139 cm³/mol. The van der Waals surface area contributed by atoms with Gasteiger partial charge < -0.3 is 0 Å². The summed E-state index contributed by atoms with van der Waals surface area (Å²) in [7, 11) is 0. The minimum atomic E-state index is 0.196. The molecule has 0 heterocycles. The largest absolute Gasteiger partial charge is 0.168 e. The molecule has 2 fully saturated rings. The molecule has 0 aromatic carbocycles. The van der Waals surface area contributed by atoms with E-state index >= 15 is 0 Å². The highest BCUT2D eigenvalue weighted by molar-refractivity contribution is 7.82. The summed E-state index contributed by atoms with van der Waals surface area (Å²) >= 11 is 5.46. The highest BCUT2D eigenvalue weighted by atomic mass is 32.1. The lowest BCUT2D eigenvalue weighted by atomic mass is 9.50. The van der Waals surface area contributed by atoms with E-state index in [1.807, 2.05) is 13.8 Å². The van der Waals surface area contributed by atoms with Gasteiger partial charge in [-0.3, -0.25) is 0 Å². The number of unbranched alkanes of at least 4 members (excludes halogenated alkanes) is 1. The van der Waals surface area contributed by atoms with Crippen molar-refractivity contribution in [3.05, 3.63) is 11.6 Å². The normalized spacial score (nSPS) is 37.8. The van der Waals surface area contributed by atoms with Crippen LogP contribution in [0.25, 0.3) is 0 Å². The van der Waals surface area contributed by atoms with E-state index in [1.54, 1.807) is 5.57 Å². The average Bonchev–Trinajstić information content (AvgIpc) is 3.12. The lowest BCUT2D eigenvalue weighted by molar-refractivity contribution is -0.0213. The molecule has 0 radical (unpaired) electrons. The fourth-order valence-electron chi connectivity index (χ4n) is 8.10. The van der Waals surface area contributed by atoms with Crippen LogP contribution in [0, 0.1) is 35.0 Å². The third-order valence-corrected chi connectivity index (χ3v) is 10.2. The minimum Gasteiger partial charge on any atom is -0.168 e. The highest BCUT2D eigenvalue weighted by Gasteiger charge is 2.58. The summed E-state index contributed by atoms with van der Waals surface area (Å²) in [5.74, 6) is 4.60. The van der Waals surface area contributed by atoms with E-state index in [2.05, 4.69) is 40.7 Å². The molecule has 6 atom stereocenters. The average molecular weight is 435 g/mol. The van der Waals surface area contributed by atoms with Crippen LogP contribution in [-0.2, 0) is 0 Å². The van der Waals surface area contributed by atoms with Gasteiger partial charge in [0.25, 0.3) is 0 Å². The van der Waals surface area contributed by atoms with Crippen LogP contribution in [0.2, 0.25) is 0 Å². The second kappa shape index (κ2) is 11.8. The Kier molecular flexibility index (Phi) is 10.4. The summed E-state index contributed by atoms with van der Waals surface area (Å²) in [5, 5.41) is 0. The SMILES string of the molecule is CC.CCCC1(S)C(CC)=CCC2C1CCC1(CC)C(CCCCC(C)C)CCC21. The van der Waals surface area contributed by atoms with Gasteiger partial charge in [0.2, 0.25) is 0 Å².